The summed E-state index contributed by atoms with van der Waals surface area (Å²) in [6, 6.07) is 15.3. The van der Waals surface area contributed by atoms with E-state index >= 15 is 0 Å². The maximum atomic E-state index is 14.3. The third-order valence-electron chi connectivity index (χ3n) is 4.08. The molecule has 4 nitrogen and oxygen atoms in total. The van der Waals surface area contributed by atoms with Gasteiger partial charge in [-0.15, -0.1) is 0 Å². The molecule has 144 valence electrons. The van der Waals surface area contributed by atoms with E-state index in [1.165, 1.54) is 12.1 Å². The van der Waals surface area contributed by atoms with E-state index in [-0.39, 0.29) is 21.2 Å². The Bertz CT molecular complexity index is 1160. The number of carboxylic acid groups (broad SMARTS) is 1. The lowest BCUT2D eigenvalue weighted by Crippen LogP contribution is -2.09. The summed E-state index contributed by atoms with van der Waals surface area (Å²) in [6.07, 6.45) is 0. The molecule has 3 aromatic rings. The number of aromatic carboxylic acids is 1. The van der Waals surface area contributed by atoms with Crippen molar-refractivity contribution in [2.45, 2.75) is 10.6 Å². The second kappa shape index (κ2) is 7.91. The Labute approximate surface area is 171 Å². The van der Waals surface area contributed by atoms with Crippen molar-refractivity contribution in [1.29, 1.82) is 0 Å². The molecule has 0 atom stereocenters. The summed E-state index contributed by atoms with van der Waals surface area (Å²) < 4.78 is 40.0. The Morgan fingerprint density at radius 3 is 2.29 bits per heavy atom. The molecular formula is C20H13Cl2FO4S. The average Bonchev–Trinajstić information content (AvgIpc) is 2.65. The zero-order valence-corrected chi connectivity index (χ0v) is 16.5. The molecular weight excluding hydrogens is 426 g/mol. The van der Waals surface area contributed by atoms with Crippen molar-refractivity contribution in [3.63, 3.8) is 0 Å². The van der Waals surface area contributed by atoms with Crippen LogP contribution in [0.15, 0.2) is 65.6 Å². The first-order valence-electron chi connectivity index (χ1n) is 7.98. The minimum Gasteiger partial charge on any atom is -0.478 e. The summed E-state index contributed by atoms with van der Waals surface area (Å²) in [5.41, 5.74) is 1.06. The van der Waals surface area contributed by atoms with E-state index in [1.807, 2.05) is 30.3 Å². The molecule has 0 aliphatic rings. The number of hydrogen-bond acceptors (Lipinski definition) is 3. The highest BCUT2D eigenvalue weighted by Gasteiger charge is 2.24. The Kier molecular flexibility index (Phi) is 5.74. The van der Waals surface area contributed by atoms with E-state index in [2.05, 4.69) is 0 Å². The van der Waals surface area contributed by atoms with Crippen molar-refractivity contribution in [1.82, 2.24) is 0 Å². The van der Waals surface area contributed by atoms with Gasteiger partial charge in [0.05, 0.1) is 26.3 Å². The molecule has 0 radical (unpaired) electrons. The van der Waals surface area contributed by atoms with Crippen LogP contribution in [0.2, 0.25) is 10.0 Å². The van der Waals surface area contributed by atoms with Gasteiger partial charge in [-0.1, -0.05) is 59.6 Å². The normalized spacial score (nSPS) is 11.4. The van der Waals surface area contributed by atoms with Crippen LogP contribution in [0.3, 0.4) is 0 Å². The molecule has 0 aliphatic heterocycles. The quantitative estimate of drug-likeness (QED) is 0.572. The highest BCUT2D eigenvalue weighted by molar-refractivity contribution is 7.90. The molecule has 0 heterocycles. The van der Waals surface area contributed by atoms with Crippen molar-refractivity contribution in [2.75, 3.05) is 0 Å². The zero-order chi connectivity index (χ0) is 20.5. The topological polar surface area (TPSA) is 71.4 Å². The van der Waals surface area contributed by atoms with Gasteiger partial charge in [-0.05, 0) is 35.4 Å². The monoisotopic (exact) mass is 438 g/mol. The van der Waals surface area contributed by atoms with Crippen LogP contribution in [0.5, 0.6) is 0 Å². The predicted octanol–water partition coefficient (Wildman–Crippen LogP) is 5.47. The maximum Gasteiger partial charge on any atom is 0.335 e. The van der Waals surface area contributed by atoms with Crippen LogP contribution in [0, 0.1) is 5.82 Å². The summed E-state index contributed by atoms with van der Waals surface area (Å²) in [6.45, 7) is 0. The third-order valence-corrected chi connectivity index (χ3v) is 6.67. The van der Waals surface area contributed by atoms with E-state index in [4.69, 9.17) is 28.3 Å². The SMILES string of the molecule is O=C(O)c1cc(Cl)c(Cl)c(S(=O)(=O)Cc2cc(-c3ccccc3)ccc2F)c1. The fraction of sp³-hybridized carbons (Fsp3) is 0.0500. The molecule has 0 amide bonds. The molecule has 8 heteroatoms. The number of halogens is 3. The van der Waals surface area contributed by atoms with E-state index in [9.17, 15) is 17.6 Å². The molecule has 0 saturated carbocycles. The number of sulfone groups is 1. The first kappa shape index (κ1) is 20.3. The van der Waals surface area contributed by atoms with Gasteiger partial charge in [0.1, 0.15) is 5.82 Å². The summed E-state index contributed by atoms with van der Waals surface area (Å²) in [5, 5.41) is 8.62. The molecule has 3 rings (SSSR count). The predicted molar refractivity (Wildman–Crippen MR) is 106 cm³/mol. The number of rotatable bonds is 5. The number of hydrogen-bond donors (Lipinski definition) is 1. The average molecular weight is 439 g/mol. The Morgan fingerprint density at radius 1 is 0.964 bits per heavy atom. The molecule has 0 bridgehead atoms. The fourth-order valence-electron chi connectivity index (χ4n) is 2.69. The Hall–Kier alpha value is -2.41. The highest BCUT2D eigenvalue weighted by Crippen LogP contribution is 2.33. The van der Waals surface area contributed by atoms with Crippen LogP contribution in [0.25, 0.3) is 11.1 Å². The molecule has 0 aromatic heterocycles. The van der Waals surface area contributed by atoms with Gasteiger partial charge in [0.2, 0.25) is 0 Å². The molecule has 0 unspecified atom stereocenters. The van der Waals surface area contributed by atoms with Gasteiger partial charge in [0, 0.05) is 5.56 Å². The second-order valence-corrected chi connectivity index (χ2v) is 8.75. The standard InChI is InChI=1S/C20H13Cl2FO4S/c21-16-9-14(20(24)25)10-18(19(16)22)28(26,27)11-15-8-13(6-7-17(15)23)12-4-2-1-3-5-12/h1-10H,11H2,(H,24,25). The summed E-state index contributed by atoms with van der Waals surface area (Å²) in [7, 11) is -4.16. The molecule has 0 aliphatic carbocycles. The van der Waals surface area contributed by atoms with Gasteiger partial charge in [0.15, 0.2) is 9.84 Å². The number of benzene rings is 3. The summed E-state index contributed by atoms with van der Waals surface area (Å²) in [5.74, 6) is -2.74. The van der Waals surface area contributed by atoms with Crippen molar-refractivity contribution in [2.24, 2.45) is 0 Å². The zero-order valence-electron chi connectivity index (χ0n) is 14.2. The largest absolute Gasteiger partial charge is 0.478 e. The Balaban J connectivity index is 2.05. The van der Waals surface area contributed by atoms with E-state index in [1.54, 1.807) is 6.07 Å². The van der Waals surface area contributed by atoms with E-state index in [0.717, 1.165) is 17.7 Å². The lowest BCUT2D eigenvalue weighted by molar-refractivity contribution is 0.0696. The van der Waals surface area contributed by atoms with Gasteiger partial charge in [-0.25, -0.2) is 17.6 Å². The van der Waals surface area contributed by atoms with Gasteiger partial charge in [0.25, 0.3) is 0 Å². The highest BCUT2D eigenvalue weighted by atomic mass is 35.5. The number of carboxylic acids is 1. The van der Waals surface area contributed by atoms with E-state index < -0.39 is 32.3 Å². The van der Waals surface area contributed by atoms with Gasteiger partial charge < -0.3 is 5.11 Å². The maximum absolute atomic E-state index is 14.3. The smallest absolute Gasteiger partial charge is 0.335 e. The molecule has 0 saturated heterocycles. The fourth-order valence-corrected chi connectivity index (χ4v) is 4.90. The Morgan fingerprint density at radius 2 is 1.64 bits per heavy atom. The van der Waals surface area contributed by atoms with Crippen LogP contribution in [-0.4, -0.2) is 19.5 Å². The first-order valence-corrected chi connectivity index (χ1v) is 10.4. The minimum atomic E-state index is -4.16. The van der Waals surface area contributed by atoms with E-state index in [0.29, 0.717) is 5.56 Å². The van der Waals surface area contributed by atoms with Crippen molar-refractivity contribution in [3.05, 3.63) is 87.7 Å². The van der Waals surface area contributed by atoms with Crippen LogP contribution in [-0.2, 0) is 15.6 Å². The van der Waals surface area contributed by atoms with Gasteiger partial charge in [-0.3, -0.25) is 0 Å². The van der Waals surface area contributed by atoms with Crippen LogP contribution in [0.4, 0.5) is 4.39 Å². The van der Waals surface area contributed by atoms with Crippen molar-refractivity contribution in [3.8, 4) is 11.1 Å². The van der Waals surface area contributed by atoms with Gasteiger partial charge >= 0.3 is 5.97 Å². The lowest BCUT2D eigenvalue weighted by Gasteiger charge is -2.11. The number of carbonyl (C=O) groups is 1. The second-order valence-electron chi connectivity index (χ2n) is 6.01. The third kappa shape index (κ3) is 4.19. The lowest BCUT2D eigenvalue weighted by atomic mass is 10.0. The molecule has 0 fully saturated rings. The molecule has 1 N–H and O–H groups in total. The van der Waals surface area contributed by atoms with Gasteiger partial charge in [-0.2, -0.15) is 0 Å². The van der Waals surface area contributed by atoms with Crippen LogP contribution >= 0.6 is 23.2 Å². The minimum absolute atomic E-state index is 0.0609. The molecule has 28 heavy (non-hydrogen) atoms. The summed E-state index contributed by atoms with van der Waals surface area (Å²) >= 11 is 11.9. The molecule has 0 spiro atoms. The summed E-state index contributed by atoms with van der Waals surface area (Å²) in [4.78, 5) is 10.7. The first-order chi connectivity index (χ1) is 13.2. The van der Waals surface area contributed by atoms with Crippen LogP contribution in [0.1, 0.15) is 15.9 Å². The van der Waals surface area contributed by atoms with Crippen molar-refractivity contribution >= 4 is 39.0 Å². The van der Waals surface area contributed by atoms with Crippen LogP contribution < -0.4 is 0 Å². The molecule has 3 aromatic carbocycles. The van der Waals surface area contributed by atoms with Crippen molar-refractivity contribution < 1.29 is 22.7 Å².